The van der Waals surface area contributed by atoms with Crippen molar-refractivity contribution >= 4 is 38.4 Å². The number of amides is 1. The molecule has 5 heteroatoms. The van der Waals surface area contributed by atoms with Gasteiger partial charge in [-0.3, -0.25) is 9.78 Å². The molecule has 0 fully saturated rings. The fraction of sp³-hybridized carbons (Fsp3) is 0.174. The Morgan fingerprint density at radius 3 is 2.79 bits per heavy atom. The van der Waals surface area contributed by atoms with Gasteiger partial charge in [0.15, 0.2) is 4.80 Å². The molecule has 0 saturated heterocycles. The second-order valence-electron chi connectivity index (χ2n) is 6.88. The van der Waals surface area contributed by atoms with Crippen LogP contribution in [-0.4, -0.2) is 15.5 Å². The summed E-state index contributed by atoms with van der Waals surface area (Å²) in [6.45, 7) is 6.43. The van der Waals surface area contributed by atoms with Gasteiger partial charge in [-0.15, -0.1) is 6.42 Å². The summed E-state index contributed by atoms with van der Waals surface area (Å²) < 4.78 is 3.02. The van der Waals surface area contributed by atoms with Gasteiger partial charge in [0.25, 0.3) is 5.91 Å². The molecule has 0 aliphatic heterocycles. The highest BCUT2D eigenvalue weighted by atomic mass is 32.1. The van der Waals surface area contributed by atoms with Gasteiger partial charge >= 0.3 is 0 Å². The van der Waals surface area contributed by atoms with E-state index in [0.717, 1.165) is 32.4 Å². The summed E-state index contributed by atoms with van der Waals surface area (Å²) in [6, 6.07) is 13.6. The number of aryl methyl sites for hydroxylation is 3. The van der Waals surface area contributed by atoms with Crippen LogP contribution in [0.15, 0.2) is 47.5 Å². The van der Waals surface area contributed by atoms with Crippen molar-refractivity contribution in [2.24, 2.45) is 4.99 Å². The first kappa shape index (κ1) is 18.1. The number of rotatable bonds is 2. The summed E-state index contributed by atoms with van der Waals surface area (Å²) in [5.74, 6) is 2.39. The van der Waals surface area contributed by atoms with Gasteiger partial charge in [0.1, 0.15) is 0 Å². The van der Waals surface area contributed by atoms with E-state index in [1.807, 2.05) is 35.8 Å². The third-order valence-corrected chi connectivity index (χ3v) is 5.66. The van der Waals surface area contributed by atoms with Gasteiger partial charge in [-0.1, -0.05) is 29.4 Å². The summed E-state index contributed by atoms with van der Waals surface area (Å²) in [6.07, 6.45) is 5.58. The van der Waals surface area contributed by atoms with Crippen LogP contribution in [0, 0.1) is 33.1 Å². The van der Waals surface area contributed by atoms with E-state index in [2.05, 4.69) is 41.9 Å². The highest BCUT2D eigenvalue weighted by Crippen LogP contribution is 2.23. The third-order valence-electron chi connectivity index (χ3n) is 4.63. The molecule has 138 valence electrons. The Labute approximate surface area is 167 Å². The first-order valence-corrected chi connectivity index (χ1v) is 9.78. The lowest BCUT2D eigenvalue weighted by Gasteiger charge is -2.04. The average Bonchev–Trinajstić information content (AvgIpc) is 2.98. The molecule has 2 heterocycles. The van der Waals surface area contributed by atoms with Crippen LogP contribution in [0.25, 0.3) is 21.1 Å². The van der Waals surface area contributed by atoms with Gasteiger partial charge in [0, 0.05) is 16.6 Å². The minimum absolute atomic E-state index is 0.283. The van der Waals surface area contributed by atoms with Crippen molar-refractivity contribution in [3.05, 3.63) is 69.7 Å². The lowest BCUT2D eigenvalue weighted by atomic mass is 10.1. The van der Waals surface area contributed by atoms with Crippen molar-refractivity contribution < 1.29 is 4.79 Å². The monoisotopic (exact) mass is 385 g/mol. The standard InChI is InChI=1S/C23H19N3OS/c1-5-10-26-21-15(3)11-14(2)12-20(21)28-23(26)25-22(27)18-8-9-19-17(13-18)7-6-16(4)24-19/h1,6-9,11-13H,10H2,2-4H3. The number of fused-ring (bicyclic) bond motifs is 2. The van der Waals surface area contributed by atoms with Crippen LogP contribution in [0.3, 0.4) is 0 Å². The molecule has 0 saturated carbocycles. The first-order chi connectivity index (χ1) is 13.5. The molecule has 2 aromatic heterocycles. The highest BCUT2D eigenvalue weighted by molar-refractivity contribution is 7.16. The van der Waals surface area contributed by atoms with Gasteiger partial charge in [-0.05, 0) is 62.2 Å². The molecule has 0 radical (unpaired) electrons. The molecule has 4 rings (SSSR count). The number of nitrogens with zero attached hydrogens (tertiary/aromatic N) is 3. The summed E-state index contributed by atoms with van der Waals surface area (Å²) in [7, 11) is 0. The first-order valence-electron chi connectivity index (χ1n) is 8.97. The highest BCUT2D eigenvalue weighted by Gasteiger charge is 2.12. The summed E-state index contributed by atoms with van der Waals surface area (Å²) in [5.41, 5.74) is 5.69. The maximum Gasteiger partial charge on any atom is 0.279 e. The largest absolute Gasteiger partial charge is 0.304 e. The smallest absolute Gasteiger partial charge is 0.279 e. The lowest BCUT2D eigenvalue weighted by molar-refractivity contribution is 0.0998. The number of carbonyl (C=O) groups is 1. The average molecular weight is 385 g/mol. The van der Waals surface area contributed by atoms with Crippen molar-refractivity contribution in [2.45, 2.75) is 27.3 Å². The number of benzene rings is 2. The maximum atomic E-state index is 12.9. The topological polar surface area (TPSA) is 47.2 Å². The summed E-state index contributed by atoms with van der Waals surface area (Å²) >= 11 is 1.49. The predicted molar refractivity (Wildman–Crippen MR) is 114 cm³/mol. The minimum Gasteiger partial charge on any atom is -0.304 e. The SMILES string of the molecule is C#CCn1c(=NC(=O)c2ccc3nc(C)ccc3c2)sc2cc(C)cc(C)c21. The molecule has 28 heavy (non-hydrogen) atoms. The fourth-order valence-electron chi connectivity index (χ4n) is 3.43. The molecule has 2 aromatic carbocycles. The molecule has 0 aliphatic carbocycles. The third kappa shape index (κ3) is 3.23. The van der Waals surface area contributed by atoms with Gasteiger partial charge in [-0.25, -0.2) is 0 Å². The Kier molecular flexibility index (Phi) is 4.58. The van der Waals surface area contributed by atoms with Crippen molar-refractivity contribution in [1.82, 2.24) is 9.55 Å². The van der Waals surface area contributed by atoms with E-state index in [4.69, 9.17) is 6.42 Å². The summed E-state index contributed by atoms with van der Waals surface area (Å²) in [5, 5.41) is 0.922. The number of hydrogen-bond acceptors (Lipinski definition) is 3. The van der Waals surface area contributed by atoms with Crippen molar-refractivity contribution in [2.75, 3.05) is 0 Å². The molecule has 0 spiro atoms. The molecule has 4 nitrogen and oxygen atoms in total. The number of thiazole rings is 1. The fourth-order valence-corrected chi connectivity index (χ4v) is 4.63. The molecule has 0 aliphatic rings. The normalized spacial score (nSPS) is 11.9. The van der Waals surface area contributed by atoms with Crippen molar-refractivity contribution in [3.8, 4) is 12.3 Å². The quantitative estimate of drug-likeness (QED) is 0.475. The molecule has 0 N–H and O–H groups in total. The number of terminal acetylenes is 1. The number of hydrogen-bond donors (Lipinski definition) is 0. The van der Waals surface area contributed by atoms with Crippen molar-refractivity contribution in [1.29, 1.82) is 0 Å². The molecule has 4 aromatic rings. The van der Waals surface area contributed by atoms with Crippen LogP contribution < -0.4 is 4.80 Å². The Balaban J connectivity index is 1.86. The second kappa shape index (κ2) is 7.06. The van der Waals surface area contributed by atoms with Gasteiger partial charge in [0.2, 0.25) is 0 Å². The zero-order chi connectivity index (χ0) is 19.8. The van der Waals surface area contributed by atoms with E-state index >= 15 is 0 Å². The Hall–Kier alpha value is -3.23. The number of carbonyl (C=O) groups excluding carboxylic acids is 1. The van der Waals surface area contributed by atoms with E-state index in [1.54, 1.807) is 6.07 Å². The van der Waals surface area contributed by atoms with E-state index < -0.39 is 0 Å². The van der Waals surface area contributed by atoms with E-state index in [0.29, 0.717) is 16.9 Å². The summed E-state index contributed by atoms with van der Waals surface area (Å²) in [4.78, 5) is 22.4. The van der Waals surface area contributed by atoms with E-state index in [-0.39, 0.29) is 5.91 Å². The van der Waals surface area contributed by atoms with Crippen LogP contribution in [0.2, 0.25) is 0 Å². The lowest BCUT2D eigenvalue weighted by Crippen LogP contribution is -2.17. The van der Waals surface area contributed by atoms with Gasteiger partial charge in [-0.2, -0.15) is 4.99 Å². The van der Waals surface area contributed by atoms with E-state index in [1.165, 1.54) is 16.9 Å². The number of pyridine rings is 1. The Morgan fingerprint density at radius 1 is 1.18 bits per heavy atom. The Morgan fingerprint density at radius 2 is 2.00 bits per heavy atom. The van der Waals surface area contributed by atoms with Gasteiger partial charge in [0.05, 0.1) is 22.3 Å². The van der Waals surface area contributed by atoms with Crippen molar-refractivity contribution in [3.63, 3.8) is 0 Å². The minimum atomic E-state index is -0.283. The van der Waals surface area contributed by atoms with Crippen LogP contribution in [0.4, 0.5) is 0 Å². The number of aromatic nitrogens is 2. The zero-order valence-electron chi connectivity index (χ0n) is 16.0. The van der Waals surface area contributed by atoms with E-state index in [9.17, 15) is 4.79 Å². The molecular formula is C23H19N3OS. The van der Waals surface area contributed by atoms with Crippen LogP contribution in [-0.2, 0) is 6.54 Å². The second-order valence-corrected chi connectivity index (χ2v) is 7.89. The van der Waals surface area contributed by atoms with Crippen LogP contribution in [0.5, 0.6) is 0 Å². The molecule has 0 unspecified atom stereocenters. The van der Waals surface area contributed by atoms with Gasteiger partial charge < -0.3 is 4.57 Å². The molecule has 0 atom stereocenters. The van der Waals surface area contributed by atoms with Crippen LogP contribution >= 0.6 is 11.3 Å². The molecular weight excluding hydrogens is 366 g/mol. The molecule has 1 amide bonds. The maximum absolute atomic E-state index is 12.9. The predicted octanol–water partition coefficient (Wildman–Crippen LogP) is 4.55. The zero-order valence-corrected chi connectivity index (χ0v) is 16.8. The van der Waals surface area contributed by atoms with Crippen LogP contribution in [0.1, 0.15) is 27.2 Å². The molecule has 0 bridgehead atoms. The Bertz CT molecular complexity index is 1350.